The summed E-state index contributed by atoms with van der Waals surface area (Å²) in [6, 6.07) is 0. The van der Waals surface area contributed by atoms with Gasteiger partial charge in [0.1, 0.15) is 6.29 Å². The molecule has 1 N–H and O–H groups in total. The van der Waals surface area contributed by atoms with Crippen molar-refractivity contribution in [3.05, 3.63) is 0 Å². The summed E-state index contributed by atoms with van der Waals surface area (Å²) in [5.41, 5.74) is -0.889. The third kappa shape index (κ3) is 7.10. The molecule has 0 aromatic rings. The fourth-order valence-electron chi connectivity index (χ4n) is 4.93. The molecule has 0 rings (SSSR count). The standard InChI is InChI=1S/C26H50O3/c1-21(2,3)17-25(10,11)26(12,13)19(16-27)14-15-23(6,7)24(8,9)18-22(4,5)20(28)29/h16,19H,14-15,17-18H2,1-13H3,(H,28,29). The van der Waals surface area contributed by atoms with Gasteiger partial charge in [-0.15, -0.1) is 0 Å². The summed E-state index contributed by atoms with van der Waals surface area (Å²) in [5, 5.41) is 9.57. The lowest BCUT2D eigenvalue weighted by Gasteiger charge is -2.50. The number of carbonyl (C=O) groups is 2. The average molecular weight is 411 g/mol. The minimum Gasteiger partial charge on any atom is -0.481 e. The van der Waals surface area contributed by atoms with Crippen molar-refractivity contribution in [2.45, 2.75) is 116 Å². The maximum atomic E-state index is 12.2. The first-order valence-electron chi connectivity index (χ1n) is 11.2. The van der Waals surface area contributed by atoms with Gasteiger partial charge in [-0.3, -0.25) is 4.79 Å². The van der Waals surface area contributed by atoms with Crippen LogP contribution in [0.25, 0.3) is 0 Å². The van der Waals surface area contributed by atoms with E-state index >= 15 is 0 Å². The Morgan fingerprint density at radius 3 is 1.55 bits per heavy atom. The van der Waals surface area contributed by atoms with Gasteiger partial charge in [0.2, 0.25) is 0 Å². The molecule has 3 heteroatoms. The van der Waals surface area contributed by atoms with Crippen LogP contribution in [0, 0.1) is 38.4 Å². The van der Waals surface area contributed by atoms with E-state index in [1.165, 1.54) is 0 Å². The molecular weight excluding hydrogens is 360 g/mol. The maximum absolute atomic E-state index is 12.2. The monoisotopic (exact) mass is 410 g/mol. The van der Waals surface area contributed by atoms with Crippen LogP contribution in [0.4, 0.5) is 0 Å². The zero-order chi connectivity index (χ0) is 23.7. The van der Waals surface area contributed by atoms with Crippen LogP contribution in [0.2, 0.25) is 0 Å². The fraction of sp³-hybridized carbons (Fsp3) is 0.923. The topological polar surface area (TPSA) is 54.4 Å². The van der Waals surface area contributed by atoms with Crippen LogP contribution in [-0.2, 0) is 9.59 Å². The minimum absolute atomic E-state index is 0.0255. The quantitative estimate of drug-likeness (QED) is 0.356. The summed E-state index contributed by atoms with van der Waals surface area (Å²) in [6.45, 7) is 28.2. The molecule has 0 radical (unpaired) electrons. The van der Waals surface area contributed by atoms with E-state index < -0.39 is 11.4 Å². The number of aliphatic carboxylic acids is 1. The second-order valence-electron chi connectivity index (χ2n) is 13.8. The van der Waals surface area contributed by atoms with Crippen LogP contribution in [0.1, 0.15) is 116 Å². The summed E-state index contributed by atoms with van der Waals surface area (Å²) in [4.78, 5) is 23.8. The largest absolute Gasteiger partial charge is 0.481 e. The first-order valence-corrected chi connectivity index (χ1v) is 11.2. The number of hydrogen-bond donors (Lipinski definition) is 1. The first-order chi connectivity index (χ1) is 12.5. The van der Waals surface area contributed by atoms with Crippen LogP contribution in [0.15, 0.2) is 0 Å². The number of carboxylic acid groups (broad SMARTS) is 1. The number of hydrogen-bond acceptors (Lipinski definition) is 2. The van der Waals surface area contributed by atoms with E-state index in [1.54, 1.807) is 13.8 Å². The van der Waals surface area contributed by atoms with E-state index in [-0.39, 0.29) is 33.0 Å². The molecule has 0 spiro atoms. The van der Waals surface area contributed by atoms with Crippen molar-refractivity contribution >= 4 is 12.3 Å². The zero-order valence-corrected chi connectivity index (χ0v) is 21.7. The smallest absolute Gasteiger partial charge is 0.309 e. The fourth-order valence-corrected chi connectivity index (χ4v) is 4.93. The van der Waals surface area contributed by atoms with Crippen molar-refractivity contribution < 1.29 is 14.7 Å². The van der Waals surface area contributed by atoms with E-state index in [0.29, 0.717) is 6.42 Å². The van der Waals surface area contributed by atoms with Crippen molar-refractivity contribution in [1.29, 1.82) is 0 Å². The molecule has 0 aromatic carbocycles. The molecule has 0 saturated carbocycles. The highest BCUT2D eigenvalue weighted by atomic mass is 16.4. The lowest BCUT2D eigenvalue weighted by atomic mass is 9.54. The van der Waals surface area contributed by atoms with E-state index in [0.717, 1.165) is 25.5 Å². The predicted octanol–water partition coefficient (Wildman–Crippen LogP) is 7.62. The van der Waals surface area contributed by atoms with Gasteiger partial charge in [0, 0.05) is 5.92 Å². The van der Waals surface area contributed by atoms with Gasteiger partial charge in [-0.05, 0) is 66.6 Å². The summed E-state index contributed by atoms with van der Waals surface area (Å²) in [7, 11) is 0. The van der Waals surface area contributed by atoms with Gasteiger partial charge in [0.15, 0.2) is 0 Å². The third-order valence-electron chi connectivity index (χ3n) is 8.18. The van der Waals surface area contributed by atoms with E-state index in [4.69, 9.17) is 0 Å². The Labute approximate surface area is 181 Å². The molecule has 0 aromatic heterocycles. The van der Waals surface area contributed by atoms with Gasteiger partial charge < -0.3 is 9.90 Å². The van der Waals surface area contributed by atoms with E-state index in [2.05, 4.69) is 76.2 Å². The van der Waals surface area contributed by atoms with Crippen LogP contribution >= 0.6 is 0 Å². The van der Waals surface area contributed by atoms with Crippen LogP contribution in [0.3, 0.4) is 0 Å². The molecular formula is C26H50O3. The molecule has 172 valence electrons. The number of aldehydes is 1. The van der Waals surface area contributed by atoms with Crippen LogP contribution in [-0.4, -0.2) is 17.4 Å². The lowest BCUT2D eigenvalue weighted by molar-refractivity contribution is -0.150. The molecule has 1 atom stereocenters. The maximum Gasteiger partial charge on any atom is 0.309 e. The second kappa shape index (κ2) is 8.71. The Kier molecular flexibility index (Phi) is 8.45. The lowest BCUT2D eigenvalue weighted by Crippen LogP contribution is -2.43. The van der Waals surface area contributed by atoms with E-state index in [1.807, 2.05) is 0 Å². The van der Waals surface area contributed by atoms with Crippen molar-refractivity contribution in [3.8, 4) is 0 Å². The van der Waals surface area contributed by atoms with Gasteiger partial charge in [-0.1, -0.05) is 76.2 Å². The highest BCUT2D eigenvalue weighted by Gasteiger charge is 2.47. The molecule has 29 heavy (non-hydrogen) atoms. The van der Waals surface area contributed by atoms with Gasteiger partial charge in [-0.25, -0.2) is 0 Å². The Bertz CT molecular complexity index is 571. The van der Waals surface area contributed by atoms with Crippen molar-refractivity contribution in [2.24, 2.45) is 38.4 Å². The highest BCUT2D eigenvalue weighted by Crippen LogP contribution is 2.54. The molecule has 0 aliphatic heterocycles. The molecule has 0 heterocycles. The molecule has 0 bridgehead atoms. The number of rotatable bonds is 11. The third-order valence-corrected chi connectivity index (χ3v) is 8.18. The van der Waals surface area contributed by atoms with Crippen LogP contribution < -0.4 is 0 Å². The Hall–Kier alpha value is -0.860. The summed E-state index contributed by atoms with van der Waals surface area (Å²) in [5.74, 6) is -0.778. The molecule has 0 aliphatic rings. The minimum atomic E-state index is -0.765. The first kappa shape index (κ1) is 28.1. The van der Waals surface area contributed by atoms with Gasteiger partial charge in [-0.2, -0.15) is 0 Å². The second-order valence-corrected chi connectivity index (χ2v) is 13.8. The van der Waals surface area contributed by atoms with Crippen molar-refractivity contribution in [2.75, 3.05) is 0 Å². The molecule has 3 nitrogen and oxygen atoms in total. The van der Waals surface area contributed by atoms with Gasteiger partial charge >= 0.3 is 5.97 Å². The Morgan fingerprint density at radius 1 is 0.759 bits per heavy atom. The molecule has 0 fully saturated rings. The Balaban J connectivity index is 5.51. The van der Waals surface area contributed by atoms with Crippen LogP contribution in [0.5, 0.6) is 0 Å². The molecule has 1 unspecified atom stereocenters. The normalized spacial score (nSPS) is 15.9. The zero-order valence-electron chi connectivity index (χ0n) is 21.7. The number of carbonyl (C=O) groups excluding carboxylic acids is 1. The van der Waals surface area contributed by atoms with Gasteiger partial charge in [0.05, 0.1) is 5.41 Å². The van der Waals surface area contributed by atoms with E-state index in [9.17, 15) is 14.7 Å². The Morgan fingerprint density at radius 2 is 1.21 bits per heavy atom. The highest BCUT2D eigenvalue weighted by molar-refractivity contribution is 5.73. The summed E-state index contributed by atoms with van der Waals surface area (Å²) >= 11 is 0. The predicted molar refractivity (Wildman–Crippen MR) is 124 cm³/mol. The number of carboxylic acids is 1. The average Bonchev–Trinajstić information content (AvgIpc) is 2.43. The SMILES string of the molecule is CC(C)(C)CC(C)(C)C(C)(C)C(C=O)CCC(C)(C)C(C)(C)CC(C)(C)C(=O)O. The van der Waals surface area contributed by atoms with Crippen molar-refractivity contribution in [1.82, 2.24) is 0 Å². The molecule has 0 saturated heterocycles. The summed E-state index contributed by atoms with van der Waals surface area (Å²) < 4.78 is 0. The van der Waals surface area contributed by atoms with Gasteiger partial charge in [0.25, 0.3) is 0 Å². The molecule has 0 amide bonds. The van der Waals surface area contributed by atoms with Crippen molar-refractivity contribution in [3.63, 3.8) is 0 Å². The summed E-state index contributed by atoms with van der Waals surface area (Å²) in [6.07, 6.45) is 4.54. The molecule has 0 aliphatic carbocycles.